The van der Waals surface area contributed by atoms with Crippen molar-refractivity contribution in [1.82, 2.24) is 9.97 Å². The average Bonchev–Trinajstić information content (AvgIpc) is 2.50. The molecule has 0 saturated heterocycles. The minimum Gasteiger partial charge on any atom is -0.493 e. The molecule has 1 aromatic heterocycles. The zero-order valence-corrected chi connectivity index (χ0v) is 13.0. The van der Waals surface area contributed by atoms with E-state index in [1.807, 2.05) is 0 Å². The summed E-state index contributed by atoms with van der Waals surface area (Å²) in [6.45, 7) is 1.57. The normalized spacial score (nSPS) is 10.2. The Balaban J connectivity index is 2.17. The van der Waals surface area contributed by atoms with E-state index in [4.69, 9.17) is 9.47 Å². The molecule has 0 aliphatic rings. The van der Waals surface area contributed by atoms with E-state index in [0.717, 1.165) is 0 Å². The molecule has 0 fully saturated rings. The number of ether oxygens (including phenoxy) is 2. The number of aromatic amines is 2. The van der Waals surface area contributed by atoms with E-state index in [1.165, 1.54) is 14.2 Å². The molecule has 8 nitrogen and oxygen atoms in total. The van der Waals surface area contributed by atoms with Gasteiger partial charge in [-0.05, 0) is 19.1 Å². The van der Waals surface area contributed by atoms with Crippen LogP contribution in [0.1, 0.15) is 11.3 Å². The molecule has 0 atom stereocenters. The van der Waals surface area contributed by atoms with Crippen LogP contribution in [-0.2, 0) is 11.2 Å². The molecule has 0 aliphatic heterocycles. The molecule has 0 bridgehead atoms. The van der Waals surface area contributed by atoms with E-state index in [0.29, 0.717) is 22.9 Å². The predicted molar refractivity (Wildman–Crippen MR) is 84.3 cm³/mol. The van der Waals surface area contributed by atoms with Gasteiger partial charge in [-0.15, -0.1) is 0 Å². The third-order valence-electron chi connectivity index (χ3n) is 3.26. The van der Waals surface area contributed by atoms with Gasteiger partial charge in [0.1, 0.15) is 0 Å². The number of benzene rings is 1. The lowest BCUT2D eigenvalue weighted by Gasteiger charge is -2.11. The molecular weight excluding hydrogens is 302 g/mol. The number of carbonyl (C=O) groups excluding carboxylic acids is 1. The van der Waals surface area contributed by atoms with Crippen molar-refractivity contribution in [3.05, 3.63) is 50.3 Å². The van der Waals surface area contributed by atoms with Crippen LogP contribution in [0, 0.1) is 6.92 Å². The maximum atomic E-state index is 12.1. The second-order valence-electron chi connectivity index (χ2n) is 4.81. The van der Waals surface area contributed by atoms with Crippen LogP contribution < -0.4 is 26.0 Å². The molecule has 23 heavy (non-hydrogen) atoms. The molecule has 122 valence electrons. The number of hydrogen-bond acceptors (Lipinski definition) is 5. The summed E-state index contributed by atoms with van der Waals surface area (Å²) in [5.74, 6) is 0.625. The summed E-state index contributed by atoms with van der Waals surface area (Å²) in [6, 6.07) is 4.93. The van der Waals surface area contributed by atoms with Crippen LogP contribution in [-0.4, -0.2) is 30.1 Å². The highest BCUT2D eigenvalue weighted by Crippen LogP contribution is 2.29. The van der Waals surface area contributed by atoms with Gasteiger partial charge < -0.3 is 19.8 Å². The topological polar surface area (TPSA) is 113 Å². The van der Waals surface area contributed by atoms with Gasteiger partial charge >= 0.3 is 5.69 Å². The molecule has 0 aliphatic carbocycles. The summed E-state index contributed by atoms with van der Waals surface area (Å²) in [4.78, 5) is 39.5. The molecule has 0 radical (unpaired) electrons. The van der Waals surface area contributed by atoms with Crippen molar-refractivity contribution < 1.29 is 14.3 Å². The van der Waals surface area contributed by atoms with Crippen LogP contribution >= 0.6 is 0 Å². The summed E-state index contributed by atoms with van der Waals surface area (Å²) in [5.41, 5.74) is -0.0970. The lowest BCUT2D eigenvalue weighted by Crippen LogP contribution is -2.29. The van der Waals surface area contributed by atoms with Crippen molar-refractivity contribution in [2.45, 2.75) is 13.3 Å². The molecule has 0 saturated carbocycles. The van der Waals surface area contributed by atoms with E-state index < -0.39 is 17.2 Å². The summed E-state index contributed by atoms with van der Waals surface area (Å²) in [5, 5.41) is 2.67. The fraction of sp³-hybridized carbons (Fsp3) is 0.267. The molecule has 8 heteroatoms. The number of amides is 1. The largest absolute Gasteiger partial charge is 0.493 e. The quantitative estimate of drug-likeness (QED) is 0.745. The van der Waals surface area contributed by atoms with Crippen LogP contribution in [0.5, 0.6) is 11.5 Å². The zero-order valence-electron chi connectivity index (χ0n) is 13.0. The first kappa shape index (κ1) is 16.3. The number of anilines is 1. The standard InChI is InChI=1S/C15H17N3O5/c1-8-10(14(20)18-15(21)16-8)7-13(19)17-9-4-5-11(22-2)12(6-9)23-3/h4-6H,7H2,1-3H3,(H,17,19)(H2,16,18,20,21). The summed E-state index contributed by atoms with van der Waals surface area (Å²) in [6.07, 6.45) is -0.160. The van der Waals surface area contributed by atoms with Crippen LogP contribution in [0.2, 0.25) is 0 Å². The van der Waals surface area contributed by atoms with Gasteiger partial charge in [0.15, 0.2) is 11.5 Å². The van der Waals surface area contributed by atoms with Crippen molar-refractivity contribution in [3.8, 4) is 11.5 Å². The first-order chi connectivity index (χ1) is 10.9. The number of H-pyrrole nitrogens is 2. The van der Waals surface area contributed by atoms with Gasteiger partial charge in [-0.3, -0.25) is 14.6 Å². The Labute approximate surface area is 131 Å². The van der Waals surface area contributed by atoms with Gasteiger partial charge in [-0.1, -0.05) is 0 Å². The SMILES string of the molecule is COc1ccc(NC(=O)Cc2c(C)[nH]c(=O)[nH]c2=O)cc1OC. The van der Waals surface area contributed by atoms with E-state index in [9.17, 15) is 14.4 Å². The monoisotopic (exact) mass is 319 g/mol. The number of nitrogens with one attached hydrogen (secondary N) is 3. The van der Waals surface area contributed by atoms with Crippen molar-refractivity contribution in [3.63, 3.8) is 0 Å². The van der Waals surface area contributed by atoms with Gasteiger partial charge in [0.05, 0.1) is 20.6 Å². The smallest absolute Gasteiger partial charge is 0.325 e. The lowest BCUT2D eigenvalue weighted by atomic mass is 10.1. The van der Waals surface area contributed by atoms with Gasteiger partial charge in [0.2, 0.25) is 5.91 Å². The van der Waals surface area contributed by atoms with Crippen molar-refractivity contribution in [2.75, 3.05) is 19.5 Å². The molecule has 2 aromatic rings. The lowest BCUT2D eigenvalue weighted by molar-refractivity contribution is -0.115. The molecule has 1 amide bonds. The maximum Gasteiger partial charge on any atom is 0.325 e. The molecular formula is C15H17N3O5. The third kappa shape index (κ3) is 3.79. The van der Waals surface area contributed by atoms with E-state index in [2.05, 4.69) is 15.3 Å². The Hall–Kier alpha value is -3.03. The van der Waals surface area contributed by atoms with Crippen molar-refractivity contribution in [2.24, 2.45) is 0 Å². The summed E-state index contributed by atoms with van der Waals surface area (Å²) in [7, 11) is 3.01. The Morgan fingerprint density at radius 2 is 1.83 bits per heavy atom. The Morgan fingerprint density at radius 1 is 1.13 bits per heavy atom. The molecule has 0 spiro atoms. The van der Waals surface area contributed by atoms with Crippen LogP contribution in [0.15, 0.2) is 27.8 Å². The summed E-state index contributed by atoms with van der Waals surface area (Å²) < 4.78 is 10.3. The molecule has 2 rings (SSSR count). The number of aryl methyl sites for hydroxylation is 1. The Bertz CT molecular complexity index is 838. The predicted octanol–water partition coefficient (Wildman–Crippen LogP) is 0.570. The second kappa shape index (κ2) is 6.82. The molecule has 0 unspecified atom stereocenters. The number of methoxy groups -OCH3 is 2. The molecule has 3 N–H and O–H groups in total. The highest BCUT2D eigenvalue weighted by molar-refractivity contribution is 5.92. The van der Waals surface area contributed by atoms with Crippen molar-refractivity contribution in [1.29, 1.82) is 0 Å². The third-order valence-corrected chi connectivity index (χ3v) is 3.26. The first-order valence-electron chi connectivity index (χ1n) is 6.78. The fourth-order valence-corrected chi connectivity index (χ4v) is 2.12. The number of carbonyl (C=O) groups is 1. The first-order valence-corrected chi connectivity index (χ1v) is 6.78. The molecule has 1 aromatic carbocycles. The Kier molecular flexibility index (Phi) is 4.85. The van der Waals surface area contributed by atoms with Crippen LogP contribution in [0.3, 0.4) is 0 Å². The van der Waals surface area contributed by atoms with E-state index in [-0.39, 0.29) is 12.0 Å². The van der Waals surface area contributed by atoms with Crippen molar-refractivity contribution >= 4 is 11.6 Å². The summed E-state index contributed by atoms with van der Waals surface area (Å²) >= 11 is 0. The van der Waals surface area contributed by atoms with E-state index >= 15 is 0 Å². The van der Waals surface area contributed by atoms with Gasteiger partial charge in [-0.25, -0.2) is 4.79 Å². The van der Waals surface area contributed by atoms with Gasteiger partial charge in [0, 0.05) is 23.0 Å². The number of aromatic nitrogens is 2. The van der Waals surface area contributed by atoms with Gasteiger partial charge in [0.25, 0.3) is 5.56 Å². The second-order valence-corrected chi connectivity index (χ2v) is 4.81. The van der Waals surface area contributed by atoms with Crippen LogP contribution in [0.4, 0.5) is 5.69 Å². The number of hydrogen-bond donors (Lipinski definition) is 3. The Morgan fingerprint density at radius 3 is 2.43 bits per heavy atom. The zero-order chi connectivity index (χ0) is 17.0. The van der Waals surface area contributed by atoms with E-state index in [1.54, 1.807) is 25.1 Å². The van der Waals surface area contributed by atoms with Crippen LogP contribution in [0.25, 0.3) is 0 Å². The maximum absolute atomic E-state index is 12.1. The minimum absolute atomic E-state index is 0.160. The minimum atomic E-state index is -0.600. The number of rotatable bonds is 5. The highest BCUT2D eigenvalue weighted by Gasteiger charge is 2.12. The molecule has 1 heterocycles. The highest BCUT2D eigenvalue weighted by atomic mass is 16.5. The fourth-order valence-electron chi connectivity index (χ4n) is 2.12. The van der Waals surface area contributed by atoms with Gasteiger partial charge in [-0.2, -0.15) is 0 Å². The average molecular weight is 319 g/mol.